The highest BCUT2D eigenvalue weighted by molar-refractivity contribution is 6.00. The van der Waals surface area contributed by atoms with Crippen LogP contribution in [0.2, 0.25) is 0 Å². The normalized spacial score (nSPS) is 11.3. The zero-order chi connectivity index (χ0) is 20.2. The lowest BCUT2D eigenvalue weighted by atomic mass is 10.00. The van der Waals surface area contributed by atoms with E-state index in [-0.39, 0.29) is 18.7 Å². The number of hydrogen-bond donors (Lipinski definition) is 1. The Balaban J connectivity index is 0.00000114. The molecule has 0 saturated heterocycles. The molecule has 0 radical (unpaired) electrons. The predicted molar refractivity (Wildman–Crippen MR) is 102 cm³/mol. The minimum Gasteiger partial charge on any atom is -0.399 e. The number of carbonyl (C=O) groups is 1. The van der Waals surface area contributed by atoms with Gasteiger partial charge in [-0.25, -0.2) is 4.39 Å². The molecule has 1 heterocycles. The third kappa shape index (κ3) is 6.50. The maximum atomic E-state index is 13.7. The summed E-state index contributed by atoms with van der Waals surface area (Å²) in [6.45, 7) is 5.74. The first-order valence-corrected chi connectivity index (χ1v) is 8.05. The molecule has 8 heteroatoms. The van der Waals surface area contributed by atoms with E-state index in [2.05, 4.69) is 21.0 Å². The number of rotatable bonds is 6. The number of pyridine rings is 1. The fourth-order valence-electron chi connectivity index (χ4n) is 2.31. The van der Waals surface area contributed by atoms with Gasteiger partial charge in [0, 0.05) is 17.3 Å². The van der Waals surface area contributed by atoms with Gasteiger partial charge >= 0.3 is 0 Å². The number of amides is 1. The molecule has 0 fully saturated rings. The Hall–Kier alpha value is -3.29. The van der Waals surface area contributed by atoms with Crippen LogP contribution in [0.25, 0.3) is 0 Å². The van der Waals surface area contributed by atoms with Crippen LogP contribution < -0.4 is 5.73 Å². The minimum atomic E-state index is -0.429. The van der Waals surface area contributed by atoms with Gasteiger partial charge in [0.25, 0.3) is 0 Å². The second-order valence-electron chi connectivity index (χ2n) is 5.38. The van der Waals surface area contributed by atoms with Crippen molar-refractivity contribution in [3.8, 4) is 0 Å². The fraction of sp³-hybridized carbons (Fsp3) is 0.263. The predicted octanol–water partition coefficient (Wildman–Crippen LogP) is 2.94. The van der Waals surface area contributed by atoms with Crippen LogP contribution in [-0.4, -0.2) is 29.9 Å². The van der Waals surface area contributed by atoms with Crippen LogP contribution >= 0.6 is 0 Å². The SMILES string of the molecule is CO/N=C(/C)c1cccc(C)c1CO/N=C(\C)c1ncccc1F.NC=O. The molecule has 2 aromatic rings. The summed E-state index contributed by atoms with van der Waals surface area (Å²) < 4.78 is 13.7. The van der Waals surface area contributed by atoms with Crippen molar-refractivity contribution in [3.63, 3.8) is 0 Å². The molecule has 0 atom stereocenters. The number of aromatic nitrogens is 1. The van der Waals surface area contributed by atoms with Crippen molar-refractivity contribution in [1.29, 1.82) is 0 Å². The number of carbonyl (C=O) groups excluding carboxylic acids is 1. The van der Waals surface area contributed by atoms with Crippen LogP contribution in [0.15, 0.2) is 46.8 Å². The number of hydrogen-bond acceptors (Lipinski definition) is 6. The van der Waals surface area contributed by atoms with E-state index >= 15 is 0 Å². The number of halogens is 1. The smallest absolute Gasteiger partial charge is 0.204 e. The standard InChI is InChI=1S/C18H20FN3O2.CH3NO/c1-12-7-5-8-15(13(2)21-23-4)16(12)11-24-22-14(3)18-17(19)9-6-10-20-18;2-1-3/h5-10H,11H2,1-4H3;1H,(H2,2,3)/b21-13-,22-14+;. The summed E-state index contributed by atoms with van der Waals surface area (Å²) in [6, 6.07) is 8.74. The van der Waals surface area contributed by atoms with Crippen LogP contribution in [0.3, 0.4) is 0 Å². The van der Waals surface area contributed by atoms with Gasteiger partial charge in [0.2, 0.25) is 6.41 Å². The lowest BCUT2D eigenvalue weighted by molar-refractivity contribution is -0.106. The molecule has 0 aliphatic heterocycles. The zero-order valence-corrected chi connectivity index (χ0v) is 15.8. The number of aryl methyl sites for hydroxylation is 1. The fourth-order valence-corrected chi connectivity index (χ4v) is 2.31. The number of primary amides is 1. The topological polar surface area (TPSA) is 99.2 Å². The highest BCUT2D eigenvalue weighted by Gasteiger charge is 2.10. The average Bonchev–Trinajstić information content (AvgIpc) is 2.64. The van der Waals surface area contributed by atoms with E-state index in [1.165, 1.54) is 25.4 Å². The van der Waals surface area contributed by atoms with Gasteiger partial charge in [-0.05, 0) is 38.5 Å². The summed E-state index contributed by atoms with van der Waals surface area (Å²) in [6.07, 6.45) is 1.77. The van der Waals surface area contributed by atoms with Crippen molar-refractivity contribution in [2.45, 2.75) is 27.4 Å². The van der Waals surface area contributed by atoms with Crippen molar-refractivity contribution in [2.75, 3.05) is 7.11 Å². The average molecular weight is 374 g/mol. The van der Waals surface area contributed by atoms with Crippen LogP contribution in [0.1, 0.15) is 36.2 Å². The van der Waals surface area contributed by atoms with E-state index in [9.17, 15) is 4.39 Å². The van der Waals surface area contributed by atoms with E-state index in [0.717, 1.165) is 22.4 Å². The molecule has 1 aromatic heterocycles. The first-order chi connectivity index (χ1) is 13.0. The van der Waals surface area contributed by atoms with Gasteiger partial charge in [-0.3, -0.25) is 9.78 Å². The van der Waals surface area contributed by atoms with Gasteiger partial charge in [-0.2, -0.15) is 0 Å². The first kappa shape index (κ1) is 21.8. The highest BCUT2D eigenvalue weighted by atomic mass is 19.1. The van der Waals surface area contributed by atoms with E-state index < -0.39 is 5.82 Å². The highest BCUT2D eigenvalue weighted by Crippen LogP contribution is 2.17. The molecule has 1 amide bonds. The lowest BCUT2D eigenvalue weighted by Crippen LogP contribution is -2.06. The number of nitrogens with zero attached hydrogens (tertiary/aromatic N) is 3. The molecule has 2 N–H and O–H groups in total. The second kappa shape index (κ2) is 11.3. The van der Waals surface area contributed by atoms with Crippen LogP contribution in [0.5, 0.6) is 0 Å². The molecule has 0 bridgehead atoms. The van der Waals surface area contributed by atoms with E-state index in [1.807, 2.05) is 32.0 Å². The van der Waals surface area contributed by atoms with Crippen molar-refractivity contribution >= 4 is 17.8 Å². The lowest BCUT2D eigenvalue weighted by Gasteiger charge is -2.11. The first-order valence-electron chi connectivity index (χ1n) is 8.05. The monoisotopic (exact) mass is 374 g/mol. The molecule has 1 aromatic carbocycles. The van der Waals surface area contributed by atoms with Gasteiger partial charge in [-0.1, -0.05) is 28.5 Å². The zero-order valence-electron chi connectivity index (χ0n) is 15.8. The number of benzene rings is 1. The molecule has 0 unspecified atom stereocenters. The van der Waals surface area contributed by atoms with Crippen molar-refractivity contribution in [3.05, 3.63) is 64.7 Å². The van der Waals surface area contributed by atoms with E-state index in [4.69, 9.17) is 14.5 Å². The Labute approximate surface area is 157 Å². The molecular formula is C19H23FN4O3. The van der Waals surface area contributed by atoms with Crippen LogP contribution in [0, 0.1) is 12.7 Å². The van der Waals surface area contributed by atoms with E-state index in [0.29, 0.717) is 5.71 Å². The molecule has 2 rings (SSSR count). The molecule has 7 nitrogen and oxygen atoms in total. The maximum Gasteiger partial charge on any atom is 0.204 e. The molecule has 0 aliphatic rings. The Bertz CT molecular complexity index is 822. The summed E-state index contributed by atoms with van der Waals surface area (Å²) in [4.78, 5) is 22.8. The third-order valence-corrected chi connectivity index (χ3v) is 3.54. The molecular weight excluding hydrogens is 351 g/mol. The van der Waals surface area contributed by atoms with Gasteiger partial charge < -0.3 is 15.4 Å². The molecule has 0 aliphatic carbocycles. The summed E-state index contributed by atoms with van der Waals surface area (Å²) in [7, 11) is 1.50. The minimum absolute atomic E-state index is 0.180. The maximum absolute atomic E-state index is 13.7. The largest absolute Gasteiger partial charge is 0.399 e. The number of nitrogens with two attached hydrogens (primary N) is 1. The molecule has 0 spiro atoms. The number of oxime groups is 2. The third-order valence-electron chi connectivity index (χ3n) is 3.54. The van der Waals surface area contributed by atoms with Crippen molar-refractivity contribution < 1.29 is 18.9 Å². The van der Waals surface area contributed by atoms with Crippen molar-refractivity contribution in [2.24, 2.45) is 16.0 Å². The van der Waals surface area contributed by atoms with Gasteiger partial charge in [0.1, 0.15) is 25.1 Å². The quantitative estimate of drug-likeness (QED) is 0.477. The van der Waals surface area contributed by atoms with Gasteiger partial charge in [-0.15, -0.1) is 0 Å². The van der Waals surface area contributed by atoms with E-state index in [1.54, 1.807) is 6.92 Å². The van der Waals surface area contributed by atoms with Gasteiger partial charge in [0.15, 0.2) is 5.82 Å². The molecule has 0 saturated carbocycles. The summed E-state index contributed by atoms with van der Waals surface area (Å²) in [5, 5.41) is 7.95. The summed E-state index contributed by atoms with van der Waals surface area (Å²) in [5.41, 5.74) is 8.40. The van der Waals surface area contributed by atoms with Crippen molar-refractivity contribution in [1.82, 2.24) is 4.98 Å². The van der Waals surface area contributed by atoms with Crippen LogP contribution in [-0.2, 0) is 21.1 Å². The Morgan fingerprint density at radius 2 is 1.93 bits per heavy atom. The van der Waals surface area contributed by atoms with Gasteiger partial charge in [0.05, 0.1) is 5.71 Å². The molecule has 144 valence electrons. The Morgan fingerprint density at radius 3 is 2.56 bits per heavy atom. The Morgan fingerprint density at radius 1 is 1.22 bits per heavy atom. The second-order valence-corrected chi connectivity index (χ2v) is 5.38. The Kier molecular flexibility index (Phi) is 9.14. The molecule has 27 heavy (non-hydrogen) atoms. The summed E-state index contributed by atoms with van der Waals surface area (Å²) in [5.74, 6) is -0.429. The van der Waals surface area contributed by atoms with Crippen LogP contribution in [0.4, 0.5) is 4.39 Å². The summed E-state index contributed by atoms with van der Waals surface area (Å²) >= 11 is 0.